The summed E-state index contributed by atoms with van der Waals surface area (Å²) in [6.07, 6.45) is -0.775. The molecule has 7 heteroatoms. The summed E-state index contributed by atoms with van der Waals surface area (Å²) < 4.78 is 37.7. The number of sulfone groups is 1. The summed E-state index contributed by atoms with van der Waals surface area (Å²) >= 11 is 0. The van der Waals surface area contributed by atoms with E-state index < -0.39 is 26.9 Å². The normalized spacial score (nSPS) is 12.6. The number of carbonyl (C=O) groups excluding carboxylic acids is 1. The first-order valence-electron chi connectivity index (χ1n) is 10.7. The zero-order valence-corrected chi connectivity index (χ0v) is 19.8. The molecule has 1 N–H and O–H groups in total. The Morgan fingerprint density at radius 1 is 0.848 bits per heavy atom. The lowest BCUT2D eigenvalue weighted by atomic mass is 10.1. The molecule has 0 bridgehead atoms. The number of hydrogen-bond donors (Lipinski definition) is 1. The lowest BCUT2D eigenvalue weighted by Crippen LogP contribution is -2.43. The number of carbonyl (C=O) groups is 1. The average molecular weight is 468 g/mol. The average Bonchev–Trinajstić information content (AvgIpc) is 2.78. The van der Waals surface area contributed by atoms with Crippen molar-refractivity contribution in [2.75, 3.05) is 0 Å². The van der Waals surface area contributed by atoms with Crippen LogP contribution >= 0.6 is 0 Å². The highest BCUT2D eigenvalue weighted by Gasteiger charge is 2.32. The summed E-state index contributed by atoms with van der Waals surface area (Å²) in [6, 6.07) is 24.9. The van der Waals surface area contributed by atoms with Crippen molar-refractivity contribution in [1.29, 1.82) is 0 Å². The van der Waals surface area contributed by atoms with Gasteiger partial charge in [0.1, 0.15) is 12.4 Å². The van der Waals surface area contributed by atoms with Crippen molar-refractivity contribution in [3.63, 3.8) is 0 Å². The molecular formula is C26H29NO5S. The third-order valence-electron chi connectivity index (χ3n) is 4.71. The summed E-state index contributed by atoms with van der Waals surface area (Å²) in [5, 5.41) is 2.65. The number of hydrogen-bond acceptors (Lipinski definition) is 5. The minimum absolute atomic E-state index is 0.00769. The van der Waals surface area contributed by atoms with Crippen LogP contribution in [0.25, 0.3) is 0 Å². The van der Waals surface area contributed by atoms with Gasteiger partial charge in [0.05, 0.1) is 4.90 Å². The van der Waals surface area contributed by atoms with Crippen LogP contribution in [0.3, 0.4) is 0 Å². The summed E-state index contributed by atoms with van der Waals surface area (Å²) in [4.78, 5) is 12.5. The van der Waals surface area contributed by atoms with Gasteiger partial charge in [-0.3, -0.25) is 0 Å². The summed E-state index contributed by atoms with van der Waals surface area (Å²) in [5.74, 6) is 0.663. The number of ether oxygens (including phenoxy) is 2. The molecule has 0 aliphatic rings. The molecule has 0 radical (unpaired) electrons. The summed E-state index contributed by atoms with van der Waals surface area (Å²) in [7, 11) is -3.92. The summed E-state index contributed by atoms with van der Waals surface area (Å²) in [5.41, 5.74) is -0.182. The van der Waals surface area contributed by atoms with Crippen LogP contribution in [0.1, 0.15) is 31.9 Å². The molecule has 0 aliphatic heterocycles. The standard InChI is InChI=1S/C26H29NO5S/c1-26(2,3)27-25(28)32-24(33(29,30)23-12-8-5-9-13-23)18-20-14-16-22(17-15-20)31-19-21-10-6-4-7-11-21/h4-17,24H,18-19H2,1-3H3,(H,27,28). The number of amides is 1. The molecule has 0 saturated carbocycles. The Labute approximate surface area is 195 Å². The van der Waals surface area contributed by atoms with Gasteiger partial charge in [-0.15, -0.1) is 0 Å². The van der Waals surface area contributed by atoms with E-state index in [9.17, 15) is 13.2 Å². The van der Waals surface area contributed by atoms with Gasteiger partial charge in [0.25, 0.3) is 0 Å². The number of alkyl carbamates (subject to hydrolysis) is 1. The Morgan fingerprint density at radius 2 is 1.42 bits per heavy atom. The van der Waals surface area contributed by atoms with Gasteiger partial charge in [0, 0.05) is 12.0 Å². The lowest BCUT2D eigenvalue weighted by Gasteiger charge is -2.24. The highest BCUT2D eigenvalue weighted by Crippen LogP contribution is 2.22. The Balaban J connectivity index is 1.75. The van der Waals surface area contributed by atoms with Crippen molar-refractivity contribution in [3.05, 3.63) is 96.1 Å². The zero-order valence-electron chi connectivity index (χ0n) is 19.0. The molecule has 33 heavy (non-hydrogen) atoms. The SMILES string of the molecule is CC(C)(C)NC(=O)OC(Cc1ccc(OCc2ccccc2)cc1)S(=O)(=O)c1ccccc1. The number of rotatable bonds is 8. The van der Waals surface area contributed by atoms with E-state index in [1.807, 2.05) is 30.3 Å². The van der Waals surface area contributed by atoms with Crippen molar-refractivity contribution in [2.24, 2.45) is 0 Å². The molecule has 0 heterocycles. The second-order valence-electron chi connectivity index (χ2n) is 8.69. The van der Waals surface area contributed by atoms with Crippen molar-refractivity contribution in [2.45, 2.75) is 49.7 Å². The Morgan fingerprint density at radius 3 is 2.00 bits per heavy atom. The van der Waals surface area contributed by atoms with Crippen LogP contribution in [0.2, 0.25) is 0 Å². The van der Waals surface area contributed by atoms with Gasteiger partial charge in [0.2, 0.25) is 15.3 Å². The van der Waals surface area contributed by atoms with E-state index in [4.69, 9.17) is 9.47 Å². The minimum Gasteiger partial charge on any atom is -0.489 e. The van der Waals surface area contributed by atoms with E-state index in [1.165, 1.54) is 12.1 Å². The minimum atomic E-state index is -3.92. The van der Waals surface area contributed by atoms with Crippen molar-refractivity contribution < 1.29 is 22.7 Å². The first-order chi connectivity index (χ1) is 15.6. The van der Waals surface area contributed by atoms with Gasteiger partial charge in [-0.25, -0.2) is 13.2 Å². The Kier molecular flexibility index (Phi) is 7.76. The molecule has 174 valence electrons. The van der Waals surface area contributed by atoms with Crippen LogP contribution < -0.4 is 10.1 Å². The van der Waals surface area contributed by atoms with Crippen LogP contribution in [0.15, 0.2) is 89.8 Å². The van der Waals surface area contributed by atoms with Gasteiger partial charge in [-0.1, -0.05) is 60.7 Å². The molecule has 3 aromatic carbocycles. The maximum Gasteiger partial charge on any atom is 0.408 e. The zero-order chi connectivity index (χ0) is 23.9. The lowest BCUT2D eigenvalue weighted by molar-refractivity contribution is 0.123. The topological polar surface area (TPSA) is 81.7 Å². The molecule has 3 rings (SSSR count). The molecule has 1 amide bonds. The van der Waals surface area contributed by atoms with Crippen LogP contribution in [0.5, 0.6) is 5.75 Å². The molecule has 0 aliphatic carbocycles. The number of nitrogens with one attached hydrogen (secondary N) is 1. The largest absolute Gasteiger partial charge is 0.489 e. The third-order valence-corrected chi connectivity index (χ3v) is 6.59. The van der Waals surface area contributed by atoms with Crippen LogP contribution in [0.4, 0.5) is 4.79 Å². The molecule has 1 atom stereocenters. The second kappa shape index (κ2) is 10.5. The molecule has 0 saturated heterocycles. The van der Waals surface area contributed by atoms with E-state index in [1.54, 1.807) is 63.2 Å². The van der Waals surface area contributed by atoms with E-state index >= 15 is 0 Å². The fourth-order valence-corrected chi connectivity index (χ4v) is 4.55. The fourth-order valence-electron chi connectivity index (χ4n) is 3.09. The second-order valence-corrected chi connectivity index (χ2v) is 10.8. The molecule has 1 unspecified atom stereocenters. The van der Waals surface area contributed by atoms with Crippen molar-refractivity contribution in [3.8, 4) is 5.75 Å². The van der Waals surface area contributed by atoms with Gasteiger partial charge in [-0.2, -0.15) is 0 Å². The maximum atomic E-state index is 13.2. The smallest absolute Gasteiger partial charge is 0.408 e. The van der Waals surface area contributed by atoms with E-state index in [-0.39, 0.29) is 11.3 Å². The fraction of sp³-hybridized carbons (Fsp3) is 0.269. The van der Waals surface area contributed by atoms with Gasteiger partial charge in [-0.05, 0) is 56.2 Å². The monoisotopic (exact) mass is 467 g/mol. The van der Waals surface area contributed by atoms with Crippen molar-refractivity contribution >= 4 is 15.9 Å². The van der Waals surface area contributed by atoms with E-state index in [0.717, 1.165) is 5.56 Å². The predicted octanol–water partition coefficient (Wildman–Crippen LogP) is 5.13. The van der Waals surface area contributed by atoms with E-state index in [2.05, 4.69) is 5.32 Å². The molecule has 0 aromatic heterocycles. The van der Waals surface area contributed by atoms with Gasteiger partial charge >= 0.3 is 6.09 Å². The van der Waals surface area contributed by atoms with Gasteiger partial charge in [0.15, 0.2) is 0 Å². The van der Waals surface area contributed by atoms with Gasteiger partial charge < -0.3 is 14.8 Å². The molecule has 0 fully saturated rings. The van der Waals surface area contributed by atoms with Crippen LogP contribution in [-0.2, 0) is 27.6 Å². The maximum absolute atomic E-state index is 13.2. The predicted molar refractivity (Wildman–Crippen MR) is 128 cm³/mol. The van der Waals surface area contributed by atoms with Crippen molar-refractivity contribution in [1.82, 2.24) is 5.32 Å². The molecular weight excluding hydrogens is 438 g/mol. The molecule has 3 aromatic rings. The summed E-state index contributed by atoms with van der Waals surface area (Å²) in [6.45, 7) is 5.82. The highest BCUT2D eigenvalue weighted by atomic mass is 32.2. The Bertz CT molecular complexity index is 1140. The third kappa shape index (κ3) is 7.36. The highest BCUT2D eigenvalue weighted by molar-refractivity contribution is 7.92. The van der Waals surface area contributed by atoms with Crippen LogP contribution in [-0.4, -0.2) is 25.5 Å². The Hall–Kier alpha value is -3.32. The van der Waals surface area contributed by atoms with E-state index in [0.29, 0.717) is 17.9 Å². The van der Waals surface area contributed by atoms with Crippen LogP contribution in [0, 0.1) is 0 Å². The quantitative estimate of drug-likeness (QED) is 0.496. The first kappa shape index (κ1) is 24.3. The number of benzene rings is 3. The molecule has 0 spiro atoms. The molecule has 6 nitrogen and oxygen atoms in total. The first-order valence-corrected chi connectivity index (χ1v) is 12.2.